The molecule has 0 aliphatic heterocycles. The lowest BCUT2D eigenvalue weighted by atomic mass is 9.81. The normalized spacial score (nSPS) is 22.0. The van der Waals surface area contributed by atoms with Crippen molar-refractivity contribution in [2.45, 2.75) is 63.5 Å². The average Bonchev–Trinajstić information content (AvgIpc) is 3.14. The fourth-order valence-corrected chi connectivity index (χ4v) is 4.10. The van der Waals surface area contributed by atoms with Crippen LogP contribution in [0.25, 0.3) is 11.4 Å². The summed E-state index contributed by atoms with van der Waals surface area (Å²) in [5, 5.41) is 14.1. The summed E-state index contributed by atoms with van der Waals surface area (Å²) in [5.74, 6) is -0.543. The molecule has 0 radical (unpaired) electrons. The molecule has 0 amide bonds. The summed E-state index contributed by atoms with van der Waals surface area (Å²) in [4.78, 5) is 4.82. The number of hydrogen-bond acceptors (Lipinski definition) is 4. The number of H-pyrrole nitrogens is 1. The van der Waals surface area contributed by atoms with E-state index < -0.39 is 12.1 Å². The minimum atomic E-state index is -4.16. The molecule has 1 atom stereocenters. The molecule has 0 aromatic carbocycles. The Morgan fingerprint density at radius 1 is 1.08 bits per heavy atom. The molecule has 1 saturated carbocycles. The summed E-state index contributed by atoms with van der Waals surface area (Å²) < 4.78 is 39.4. The molecule has 8 heteroatoms. The molecule has 0 saturated heterocycles. The van der Waals surface area contributed by atoms with Gasteiger partial charge in [0.25, 0.3) is 0 Å². The van der Waals surface area contributed by atoms with Gasteiger partial charge in [-0.05, 0) is 48.9 Å². The Labute approximate surface area is 143 Å². The highest BCUT2D eigenvalue weighted by Gasteiger charge is 2.41. The lowest BCUT2D eigenvalue weighted by molar-refractivity contribution is -0.177. The second kappa shape index (κ2) is 6.38. The molecule has 2 aromatic rings. The maximum atomic E-state index is 13.1. The van der Waals surface area contributed by atoms with Gasteiger partial charge >= 0.3 is 6.18 Å². The van der Waals surface area contributed by atoms with Crippen molar-refractivity contribution in [3.05, 3.63) is 23.0 Å². The van der Waals surface area contributed by atoms with E-state index in [1.165, 1.54) is 6.42 Å². The predicted octanol–water partition coefficient (Wildman–Crippen LogP) is 3.98. The van der Waals surface area contributed by atoms with Crippen LogP contribution >= 0.6 is 0 Å². The summed E-state index contributed by atoms with van der Waals surface area (Å²) >= 11 is 0. The van der Waals surface area contributed by atoms with Crippen LogP contribution in [-0.4, -0.2) is 31.8 Å². The minimum absolute atomic E-state index is 0.0123. The van der Waals surface area contributed by atoms with Gasteiger partial charge in [0, 0.05) is 17.2 Å². The number of nitrogens with one attached hydrogen (secondary N) is 1. The Morgan fingerprint density at radius 2 is 1.88 bits per heavy atom. The van der Waals surface area contributed by atoms with Gasteiger partial charge in [0.15, 0.2) is 0 Å². The molecule has 2 aromatic heterocycles. The number of pyridine rings is 1. The first-order valence-electron chi connectivity index (χ1n) is 8.85. The fourth-order valence-electron chi connectivity index (χ4n) is 4.10. The van der Waals surface area contributed by atoms with Crippen molar-refractivity contribution >= 4 is 0 Å². The number of tetrazole rings is 1. The molecule has 5 nitrogen and oxygen atoms in total. The highest BCUT2D eigenvalue weighted by Crippen LogP contribution is 2.41. The summed E-state index contributed by atoms with van der Waals surface area (Å²) in [5.41, 5.74) is 3.16. The van der Waals surface area contributed by atoms with E-state index in [2.05, 4.69) is 20.6 Å². The van der Waals surface area contributed by atoms with Gasteiger partial charge < -0.3 is 0 Å². The molecule has 1 fully saturated rings. The smallest absolute Gasteiger partial charge is 0.257 e. The second-order valence-corrected chi connectivity index (χ2v) is 7.08. The number of halogens is 3. The number of rotatable bonds is 2. The Morgan fingerprint density at radius 3 is 2.56 bits per heavy atom. The van der Waals surface area contributed by atoms with Crippen LogP contribution in [0.15, 0.2) is 6.07 Å². The van der Waals surface area contributed by atoms with Crippen molar-refractivity contribution in [3.63, 3.8) is 0 Å². The number of hydrogen-bond donors (Lipinski definition) is 1. The van der Waals surface area contributed by atoms with Gasteiger partial charge in [0.05, 0.1) is 11.6 Å². The molecule has 0 bridgehead atoms. The maximum Gasteiger partial charge on any atom is 0.392 e. The lowest BCUT2D eigenvalue weighted by Crippen LogP contribution is -2.29. The Hall–Kier alpha value is -1.99. The molecular formula is C17H20F3N5. The van der Waals surface area contributed by atoms with Gasteiger partial charge in [-0.1, -0.05) is 19.3 Å². The minimum Gasteiger partial charge on any atom is -0.257 e. The van der Waals surface area contributed by atoms with Gasteiger partial charge in [0.1, 0.15) is 0 Å². The van der Waals surface area contributed by atoms with E-state index in [1.807, 2.05) is 6.07 Å². The zero-order valence-electron chi connectivity index (χ0n) is 13.8. The molecule has 2 heterocycles. The standard InChI is InChI=1S/C17H20F3N5/c18-17(19,20)12-6-7-14-11(8-12)9-13(16-22-24-25-23-16)15(21-14)10-4-2-1-3-5-10/h9-10,12H,1-8H2,(H,22,23,24,25). The van der Waals surface area contributed by atoms with Crippen molar-refractivity contribution in [2.24, 2.45) is 5.92 Å². The summed E-state index contributed by atoms with van der Waals surface area (Å²) in [6, 6.07) is 1.83. The third-order valence-electron chi connectivity index (χ3n) is 5.46. The van der Waals surface area contributed by atoms with Crippen molar-refractivity contribution in [1.82, 2.24) is 25.6 Å². The van der Waals surface area contributed by atoms with E-state index in [1.54, 1.807) is 0 Å². The summed E-state index contributed by atoms with van der Waals surface area (Å²) in [7, 11) is 0. The summed E-state index contributed by atoms with van der Waals surface area (Å²) in [6.07, 6.45) is 1.99. The van der Waals surface area contributed by atoms with Crippen LogP contribution in [0, 0.1) is 5.92 Å². The van der Waals surface area contributed by atoms with Crippen molar-refractivity contribution < 1.29 is 13.2 Å². The molecule has 2 aliphatic carbocycles. The molecule has 4 rings (SSSR count). The molecule has 0 spiro atoms. The summed E-state index contributed by atoms with van der Waals surface area (Å²) in [6.45, 7) is 0. The van der Waals surface area contributed by atoms with Crippen LogP contribution in [0.5, 0.6) is 0 Å². The van der Waals surface area contributed by atoms with Crippen LogP contribution in [0.3, 0.4) is 0 Å². The maximum absolute atomic E-state index is 13.1. The molecule has 1 unspecified atom stereocenters. The van der Waals surface area contributed by atoms with Gasteiger partial charge in [-0.15, -0.1) is 10.2 Å². The zero-order chi connectivity index (χ0) is 17.4. The van der Waals surface area contributed by atoms with E-state index in [4.69, 9.17) is 4.98 Å². The largest absolute Gasteiger partial charge is 0.392 e. The van der Waals surface area contributed by atoms with Crippen LogP contribution in [0.2, 0.25) is 0 Å². The molecule has 134 valence electrons. The number of aryl methyl sites for hydroxylation is 1. The van der Waals surface area contributed by atoms with Crippen molar-refractivity contribution in [3.8, 4) is 11.4 Å². The first-order valence-corrected chi connectivity index (χ1v) is 8.85. The highest BCUT2D eigenvalue weighted by molar-refractivity contribution is 5.60. The quantitative estimate of drug-likeness (QED) is 0.889. The van der Waals surface area contributed by atoms with E-state index in [9.17, 15) is 13.2 Å². The van der Waals surface area contributed by atoms with Gasteiger partial charge in [-0.25, -0.2) is 0 Å². The Bertz CT molecular complexity index is 735. The fraction of sp³-hybridized carbons (Fsp3) is 0.647. The Balaban J connectivity index is 1.75. The van der Waals surface area contributed by atoms with Crippen molar-refractivity contribution in [1.29, 1.82) is 0 Å². The van der Waals surface area contributed by atoms with Gasteiger partial charge in [-0.3, -0.25) is 4.98 Å². The molecule has 2 aliphatic rings. The average molecular weight is 351 g/mol. The van der Waals surface area contributed by atoms with Gasteiger partial charge in [-0.2, -0.15) is 18.4 Å². The highest BCUT2D eigenvalue weighted by atomic mass is 19.4. The third-order valence-corrected chi connectivity index (χ3v) is 5.46. The van der Waals surface area contributed by atoms with Gasteiger partial charge in [0.2, 0.25) is 5.82 Å². The van der Waals surface area contributed by atoms with E-state index in [0.29, 0.717) is 23.7 Å². The van der Waals surface area contributed by atoms with Crippen LogP contribution in [-0.2, 0) is 12.8 Å². The molecule has 25 heavy (non-hydrogen) atoms. The second-order valence-electron chi connectivity index (χ2n) is 7.08. The third kappa shape index (κ3) is 3.26. The monoisotopic (exact) mass is 351 g/mol. The first-order chi connectivity index (χ1) is 12.0. The van der Waals surface area contributed by atoms with E-state index in [0.717, 1.165) is 42.6 Å². The van der Waals surface area contributed by atoms with Crippen LogP contribution in [0.1, 0.15) is 61.4 Å². The topological polar surface area (TPSA) is 67.3 Å². The van der Waals surface area contributed by atoms with E-state index in [-0.39, 0.29) is 12.8 Å². The van der Waals surface area contributed by atoms with Crippen LogP contribution < -0.4 is 0 Å². The number of alkyl halides is 3. The molecule has 1 N–H and O–H groups in total. The first kappa shape index (κ1) is 16.5. The van der Waals surface area contributed by atoms with Crippen molar-refractivity contribution in [2.75, 3.05) is 0 Å². The van der Waals surface area contributed by atoms with Crippen LogP contribution in [0.4, 0.5) is 13.2 Å². The number of nitrogens with zero attached hydrogens (tertiary/aromatic N) is 4. The Kier molecular flexibility index (Phi) is 4.21. The SMILES string of the molecule is FC(F)(F)C1CCc2nc(C3CCCCC3)c(-c3nn[nH]n3)cc2C1. The number of fused-ring (bicyclic) bond motifs is 1. The number of aromatic amines is 1. The molecular weight excluding hydrogens is 331 g/mol. The lowest BCUT2D eigenvalue weighted by Gasteiger charge is -2.29. The predicted molar refractivity (Wildman–Crippen MR) is 84.8 cm³/mol. The number of aromatic nitrogens is 5. The van der Waals surface area contributed by atoms with E-state index >= 15 is 0 Å². The zero-order valence-corrected chi connectivity index (χ0v) is 13.8.